The minimum Gasteiger partial charge on any atom is -0.354 e. The molecule has 2 aliphatic rings. The van der Waals surface area contributed by atoms with Gasteiger partial charge in [-0.05, 0) is 48.9 Å². The maximum Gasteiger partial charge on any atom is 0.253 e. The van der Waals surface area contributed by atoms with Gasteiger partial charge >= 0.3 is 0 Å². The van der Waals surface area contributed by atoms with Crippen molar-refractivity contribution in [3.8, 4) is 0 Å². The molecule has 28 heavy (non-hydrogen) atoms. The lowest BCUT2D eigenvalue weighted by Crippen LogP contribution is -2.58. The zero-order chi connectivity index (χ0) is 20.1. The van der Waals surface area contributed by atoms with Gasteiger partial charge < -0.3 is 10.2 Å². The molecule has 5 nitrogen and oxygen atoms in total. The van der Waals surface area contributed by atoms with Crippen LogP contribution in [0, 0.1) is 11.8 Å². The number of nitrogens with one attached hydrogen (secondary N) is 1. The second-order valence-corrected chi connectivity index (χ2v) is 8.90. The number of hydrogen-bond donors (Lipinski definition) is 1. The van der Waals surface area contributed by atoms with E-state index in [1.165, 1.54) is 12.8 Å². The van der Waals surface area contributed by atoms with Gasteiger partial charge in [0.1, 0.15) is 0 Å². The number of carbonyl (C=O) groups excluding carboxylic acids is 2. The molecule has 1 atom stereocenters. The van der Waals surface area contributed by atoms with Crippen LogP contribution in [0.2, 0.25) is 5.02 Å². The first-order valence-electron chi connectivity index (χ1n) is 10.5. The van der Waals surface area contributed by atoms with Crippen LogP contribution in [0.1, 0.15) is 49.9 Å². The highest BCUT2D eigenvalue weighted by Crippen LogP contribution is 2.31. The van der Waals surface area contributed by atoms with Crippen molar-refractivity contribution >= 4 is 23.4 Å². The van der Waals surface area contributed by atoms with Crippen molar-refractivity contribution in [3.05, 3.63) is 34.9 Å². The number of halogens is 1. The Hall–Kier alpha value is -1.59. The summed E-state index contributed by atoms with van der Waals surface area (Å²) in [4.78, 5) is 29.9. The Morgan fingerprint density at radius 2 is 1.68 bits per heavy atom. The molecule has 0 spiro atoms. The van der Waals surface area contributed by atoms with Gasteiger partial charge in [-0.3, -0.25) is 14.5 Å². The van der Waals surface area contributed by atoms with E-state index in [1.54, 1.807) is 24.3 Å². The van der Waals surface area contributed by atoms with E-state index in [0.29, 0.717) is 35.5 Å². The first kappa shape index (κ1) is 21.1. The summed E-state index contributed by atoms with van der Waals surface area (Å²) in [5.41, 5.74) is 0.667. The van der Waals surface area contributed by atoms with Gasteiger partial charge in [0.15, 0.2) is 0 Å². The molecule has 0 aromatic heterocycles. The van der Waals surface area contributed by atoms with Gasteiger partial charge in [-0.15, -0.1) is 0 Å². The summed E-state index contributed by atoms with van der Waals surface area (Å²) in [7, 11) is 0. The van der Waals surface area contributed by atoms with E-state index in [2.05, 4.69) is 24.1 Å². The van der Waals surface area contributed by atoms with E-state index >= 15 is 0 Å². The fraction of sp³-hybridized carbons (Fsp3) is 0.636. The monoisotopic (exact) mass is 405 g/mol. The maximum absolute atomic E-state index is 13.0. The van der Waals surface area contributed by atoms with Crippen LogP contribution in [0.4, 0.5) is 0 Å². The average molecular weight is 406 g/mol. The Kier molecular flexibility index (Phi) is 7.36. The second kappa shape index (κ2) is 9.75. The Morgan fingerprint density at radius 1 is 1.07 bits per heavy atom. The summed E-state index contributed by atoms with van der Waals surface area (Å²) in [5.74, 6) is 1.09. The van der Waals surface area contributed by atoms with Crippen molar-refractivity contribution in [2.75, 3.05) is 32.7 Å². The first-order chi connectivity index (χ1) is 13.5. The number of nitrogens with zero attached hydrogens (tertiary/aromatic N) is 2. The number of rotatable bonds is 6. The van der Waals surface area contributed by atoms with E-state index in [9.17, 15) is 9.59 Å². The highest BCUT2D eigenvalue weighted by atomic mass is 35.5. The van der Waals surface area contributed by atoms with Gasteiger partial charge in [0.05, 0.1) is 6.04 Å². The highest BCUT2D eigenvalue weighted by Gasteiger charge is 2.37. The standard InChI is InChI=1S/C22H32ClN3O2/c1-16(2)15-24-21(27)20(17-5-3-4-6-17)25-11-13-26(14-12-25)22(28)18-7-9-19(23)10-8-18/h7-10,16-17,20H,3-6,11-15H2,1-2H3,(H,24,27)/t20-/m0/s1. The third-order valence-corrected chi connectivity index (χ3v) is 6.14. The molecular formula is C22H32ClN3O2. The maximum atomic E-state index is 13.0. The number of hydrogen-bond acceptors (Lipinski definition) is 3. The molecule has 1 aromatic rings. The summed E-state index contributed by atoms with van der Waals surface area (Å²) < 4.78 is 0. The molecule has 1 aromatic carbocycles. The van der Waals surface area contributed by atoms with Crippen LogP contribution < -0.4 is 5.32 Å². The van der Waals surface area contributed by atoms with Gasteiger partial charge in [0, 0.05) is 43.3 Å². The highest BCUT2D eigenvalue weighted by molar-refractivity contribution is 6.30. The first-order valence-corrected chi connectivity index (χ1v) is 10.9. The SMILES string of the molecule is CC(C)CNC(=O)[C@H](C1CCCC1)N1CCN(C(=O)c2ccc(Cl)cc2)CC1. The lowest BCUT2D eigenvalue weighted by molar-refractivity contribution is -0.129. The summed E-state index contributed by atoms with van der Waals surface area (Å²) in [6.45, 7) is 7.75. The number of amides is 2. The Balaban J connectivity index is 1.61. The van der Waals surface area contributed by atoms with Crippen molar-refractivity contribution in [3.63, 3.8) is 0 Å². The third kappa shape index (κ3) is 5.26. The van der Waals surface area contributed by atoms with Crippen molar-refractivity contribution in [2.24, 2.45) is 11.8 Å². The molecule has 1 N–H and O–H groups in total. The molecule has 1 heterocycles. The molecule has 0 radical (unpaired) electrons. The fourth-order valence-electron chi connectivity index (χ4n) is 4.34. The molecule has 154 valence electrons. The van der Waals surface area contributed by atoms with Gasteiger partial charge in [0.2, 0.25) is 5.91 Å². The van der Waals surface area contributed by atoms with Crippen LogP contribution in [0.5, 0.6) is 0 Å². The molecule has 1 aliphatic heterocycles. The van der Waals surface area contributed by atoms with Crippen LogP contribution in [-0.2, 0) is 4.79 Å². The Bertz CT molecular complexity index is 663. The second-order valence-electron chi connectivity index (χ2n) is 8.46. The van der Waals surface area contributed by atoms with Crippen molar-refractivity contribution in [1.82, 2.24) is 15.1 Å². The van der Waals surface area contributed by atoms with Crippen LogP contribution >= 0.6 is 11.6 Å². The predicted molar refractivity (Wildman–Crippen MR) is 113 cm³/mol. The molecule has 3 rings (SSSR count). The molecular weight excluding hydrogens is 374 g/mol. The molecule has 2 amide bonds. The summed E-state index contributed by atoms with van der Waals surface area (Å²) in [6.07, 6.45) is 4.69. The zero-order valence-corrected chi connectivity index (χ0v) is 17.8. The number of carbonyl (C=O) groups is 2. The topological polar surface area (TPSA) is 52.7 Å². The Morgan fingerprint density at radius 3 is 2.25 bits per heavy atom. The smallest absolute Gasteiger partial charge is 0.253 e. The van der Waals surface area contributed by atoms with E-state index in [0.717, 1.165) is 32.5 Å². The van der Waals surface area contributed by atoms with Crippen LogP contribution in [-0.4, -0.2) is 60.4 Å². The predicted octanol–water partition coefficient (Wildman–Crippen LogP) is 3.43. The summed E-state index contributed by atoms with van der Waals surface area (Å²) in [6, 6.07) is 6.99. The molecule has 0 unspecified atom stereocenters. The average Bonchev–Trinajstić information content (AvgIpc) is 3.21. The van der Waals surface area contributed by atoms with Crippen molar-refractivity contribution in [1.29, 1.82) is 0 Å². The van der Waals surface area contributed by atoms with Crippen molar-refractivity contribution in [2.45, 2.75) is 45.6 Å². The van der Waals surface area contributed by atoms with Gasteiger partial charge in [-0.2, -0.15) is 0 Å². The third-order valence-electron chi connectivity index (χ3n) is 5.89. The van der Waals surface area contributed by atoms with Gasteiger partial charge in [-0.25, -0.2) is 0 Å². The van der Waals surface area contributed by atoms with Gasteiger partial charge in [-0.1, -0.05) is 38.3 Å². The lowest BCUT2D eigenvalue weighted by Gasteiger charge is -2.40. The number of piperazine rings is 1. The van der Waals surface area contributed by atoms with E-state index in [-0.39, 0.29) is 17.9 Å². The Labute approximate surface area is 173 Å². The van der Waals surface area contributed by atoms with Crippen LogP contribution in [0.25, 0.3) is 0 Å². The summed E-state index contributed by atoms with van der Waals surface area (Å²) >= 11 is 5.92. The van der Waals surface area contributed by atoms with Crippen LogP contribution in [0.3, 0.4) is 0 Å². The normalized spacial score (nSPS) is 19.8. The van der Waals surface area contributed by atoms with Gasteiger partial charge in [0.25, 0.3) is 5.91 Å². The van der Waals surface area contributed by atoms with E-state index in [1.807, 2.05) is 4.90 Å². The lowest BCUT2D eigenvalue weighted by atomic mass is 9.94. The summed E-state index contributed by atoms with van der Waals surface area (Å²) in [5, 5.41) is 3.78. The quantitative estimate of drug-likeness (QED) is 0.788. The molecule has 6 heteroatoms. The fourth-order valence-corrected chi connectivity index (χ4v) is 4.46. The van der Waals surface area contributed by atoms with Crippen LogP contribution in [0.15, 0.2) is 24.3 Å². The number of benzene rings is 1. The minimum absolute atomic E-state index is 0.0398. The minimum atomic E-state index is -0.0611. The molecule has 2 fully saturated rings. The molecule has 1 aliphatic carbocycles. The van der Waals surface area contributed by atoms with E-state index < -0.39 is 0 Å². The largest absolute Gasteiger partial charge is 0.354 e. The van der Waals surface area contributed by atoms with E-state index in [4.69, 9.17) is 11.6 Å². The molecule has 1 saturated heterocycles. The molecule has 0 bridgehead atoms. The van der Waals surface area contributed by atoms with Crippen molar-refractivity contribution < 1.29 is 9.59 Å². The zero-order valence-electron chi connectivity index (χ0n) is 17.0. The molecule has 1 saturated carbocycles.